The third-order valence-corrected chi connectivity index (χ3v) is 3.36. The Bertz CT molecular complexity index is 564. The predicted molar refractivity (Wildman–Crippen MR) is 67.5 cm³/mol. The number of benzene rings is 1. The highest BCUT2D eigenvalue weighted by molar-refractivity contribution is 7.13. The minimum absolute atomic E-state index is 0.959. The standard InChI is InChI=1S/C14H10OS/c1-2-5-11(6-3-1)12-8-9-15-14(12)13-7-4-10-16-13/h1-10H. The molecule has 0 spiro atoms. The van der Waals surface area contributed by atoms with Gasteiger partial charge in [-0.1, -0.05) is 36.4 Å². The summed E-state index contributed by atoms with van der Waals surface area (Å²) in [5.41, 5.74) is 2.35. The van der Waals surface area contributed by atoms with Gasteiger partial charge in [0.25, 0.3) is 0 Å². The Morgan fingerprint density at radius 2 is 1.75 bits per heavy atom. The summed E-state index contributed by atoms with van der Waals surface area (Å²) in [6.07, 6.45) is 1.75. The van der Waals surface area contributed by atoms with Crippen LogP contribution in [0, 0.1) is 0 Å². The quantitative estimate of drug-likeness (QED) is 0.618. The molecular weight excluding hydrogens is 216 g/mol. The molecule has 0 saturated heterocycles. The third kappa shape index (κ3) is 1.57. The second kappa shape index (κ2) is 3.99. The smallest absolute Gasteiger partial charge is 0.151 e. The van der Waals surface area contributed by atoms with Gasteiger partial charge in [0.2, 0.25) is 0 Å². The van der Waals surface area contributed by atoms with E-state index in [0.717, 1.165) is 11.3 Å². The van der Waals surface area contributed by atoms with E-state index in [0.29, 0.717) is 0 Å². The molecule has 0 fully saturated rings. The van der Waals surface area contributed by atoms with E-state index in [1.54, 1.807) is 17.6 Å². The van der Waals surface area contributed by atoms with Crippen LogP contribution < -0.4 is 0 Å². The lowest BCUT2D eigenvalue weighted by Crippen LogP contribution is -1.75. The molecule has 16 heavy (non-hydrogen) atoms. The predicted octanol–water partition coefficient (Wildman–Crippen LogP) is 4.68. The first-order valence-electron chi connectivity index (χ1n) is 5.12. The molecule has 1 nitrogen and oxygen atoms in total. The van der Waals surface area contributed by atoms with Gasteiger partial charge in [0, 0.05) is 5.56 Å². The van der Waals surface area contributed by atoms with E-state index < -0.39 is 0 Å². The van der Waals surface area contributed by atoms with Crippen LogP contribution in [-0.2, 0) is 0 Å². The van der Waals surface area contributed by atoms with Crippen LogP contribution in [0.4, 0.5) is 0 Å². The van der Waals surface area contributed by atoms with Gasteiger partial charge in [-0.15, -0.1) is 11.3 Å². The van der Waals surface area contributed by atoms with E-state index in [2.05, 4.69) is 23.6 Å². The fourth-order valence-electron chi connectivity index (χ4n) is 1.75. The molecule has 0 radical (unpaired) electrons. The van der Waals surface area contributed by atoms with Gasteiger partial charge in [0.1, 0.15) is 0 Å². The summed E-state index contributed by atoms with van der Waals surface area (Å²) in [6.45, 7) is 0. The van der Waals surface area contributed by atoms with Crippen molar-refractivity contribution >= 4 is 11.3 Å². The summed E-state index contributed by atoms with van der Waals surface area (Å²) in [5.74, 6) is 0.959. The highest BCUT2D eigenvalue weighted by Crippen LogP contribution is 2.35. The normalized spacial score (nSPS) is 10.5. The van der Waals surface area contributed by atoms with Crippen LogP contribution >= 0.6 is 11.3 Å². The third-order valence-electron chi connectivity index (χ3n) is 2.49. The Morgan fingerprint density at radius 3 is 2.50 bits per heavy atom. The van der Waals surface area contributed by atoms with Crippen molar-refractivity contribution in [1.29, 1.82) is 0 Å². The molecule has 0 unspecified atom stereocenters. The van der Waals surface area contributed by atoms with Crippen LogP contribution in [0.1, 0.15) is 0 Å². The highest BCUT2D eigenvalue weighted by atomic mass is 32.1. The number of thiophene rings is 1. The molecule has 0 atom stereocenters. The van der Waals surface area contributed by atoms with Crippen molar-refractivity contribution < 1.29 is 4.42 Å². The minimum atomic E-state index is 0.959. The molecule has 3 rings (SSSR count). The van der Waals surface area contributed by atoms with E-state index >= 15 is 0 Å². The van der Waals surface area contributed by atoms with Crippen LogP contribution in [0.15, 0.2) is 64.6 Å². The molecule has 3 aromatic rings. The van der Waals surface area contributed by atoms with Crippen molar-refractivity contribution in [2.45, 2.75) is 0 Å². The highest BCUT2D eigenvalue weighted by Gasteiger charge is 2.10. The lowest BCUT2D eigenvalue weighted by atomic mass is 10.1. The van der Waals surface area contributed by atoms with Crippen molar-refractivity contribution in [2.24, 2.45) is 0 Å². The monoisotopic (exact) mass is 226 g/mol. The van der Waals surface area contributed by atoms with Gasteiger partial charge in [0.15, 0.2) is 5.76 Å². The van der Waals surface area contributed by atoms with Crippen LogP contribution in [0.2, 0.25) is 0 Å². The van der Waals surface area contributed by atoms with Crippen molar-refractivity contribution in [3.8, 4) is 21.8 Å². The number of hydrogen-bond acceptors (Lipinski definition) is 2. The summed E-state index contributed by atoms with van der Waals surface area (Å²) < 4.78 is 5.57. The molecule has 1 aromatic carbocycles. The zero-order valence-electron chi connectivity index (χ0n) is 8.59. The molecule has 0 aliphatic carbocycles. The molecule has 0 amide bonds. The molecule has 2 heteroatoms. The van der Waals surface area contributed by atoms with Gasteiger partial charge in [-0.05, 0) is 23.1 Å². The molecule has 2 heterocycles. The maximum atomic E-state index is 5.57. The van der Waals surface area contributed by atoms with E-state index in [1.165, 1.54) is 10.4 Å². The van der Waals surface area contributed by atoms with Crippen molar-refractivity contribution in [3.63, 3.8) is 0 Å². The van der Waals surface area contributed by atoms with Gasteiger partial charge in [-0.3, -0.25) is 0 Å². The number of furan rings is 1. The second-order valence-corrected chi connectivity index (χ2v) is 4.45. The average Bonchev–Trinajstić information content (AvgIpc) is 3.01. The Kier molecular flexibility index (Phi) is 2.35. The van der Waals surface area contributed by atoms with Crippen LogP contribution in [0.25, 0.3) is 21.8 Å². The summed E-state index contributed by atoms with van der Waals surface area (Å²) in [7, 11) is 0. The first-order valence-corrected chi connectivity index (χ1v) is 6.00. The molecular formula is C14H10OS. The topological polar surface area (TPSA) is 13.1 Å². The SMILES string of the molecule is c1ccc(-c2ccoc2-c2cccs2)cc1. The molecule has 0 N–H and O–H groups in total. The molecule has 2 aromatic heterocycles. The first kappa shape index (κ1) is 9.43. The van der Waals surface area contributed by atoms with Crippen LogP contribution in [0.3, 0.4) is 0 Å². The Balaban J connectivity index is 2.14. The second-order valence-electron chi connectivity index (χ2n) is 3.51. The van der Waals surface area contributed by atoms with Crippen molar-refractivity contribution in [1.82, 2.24) is 0 Å². The molecule has 0 aliphatic rings. The molecule has 0 aliphatic heterocycles. The van der Waals surface area contributed by atoms with E-state index in [4.69, 9.17) is 4.42 Å². The first-order chi connectivity index (χ1) is 7.95. The molecule has 0 bridgehead atoms. The summed E-state index contributed by atoms with van der Waals surface area (Å²) >= 11 is 1.70. The minimum Gasteiger partial charge on any atom is -0.463 e. The van der Waals surface area contributed by atoms with Gasteiger partial charge in [-0.25, -0.2) is 0 Å². The van der Waals surface area contributed by atoms with Crippen LogP contribution in [-0.4, -0.2) is 0 Å². The summed E-state index contributed by atoms with van der Waals surface area (Å²) in [4.78, 5) is 1.17. The Morgan fingerprint density at radius 1 is 0.875 bits per heavy atom. The van der Waals surface area contributed by atoms with Gasteiger partial charge in [0.05, 0.1) is 11.1 Å². The van der Waals surface area contributed by atoms with E-state index in [9.17, 15) is 0 Å². The average molecular weight is 226 g/mol. The largest absolute Gasteiger partial charge is 0.463 e. The zero-order valence-corrected chi connectivity index (χ0v) is 9.41. The lowest BCUT2D eigenvalue weighted by Gasteiger charge is -2.00. The lowest BCUT2D eigenvalue weighted by molar-refractivity contribution is 0.584. The zero-order chi connectivity index (χ0) is 10.8. The van der Waals surface area contributed by atoms with Crippen LogP contribution in [0.5, 0.6) is 0 Å². The van der Waals surface area contributed by atoms with Crippen molar-refractivity contribution in [2.75, 3.05) is 0 Å². The van der Waals surface area contributed by atoms with E-state index in [1.807, 2.05) is 30.3 Å². The Labute approximate surface area is 98.0 Å². The fraction of sp³-hybridized carbons (Fsp3) is 0. The maximum Gasteiger partial charge on any atom is 0.151 e. The van der Waals surface area contributed by atoms with E-state index in [-0.39, 0.29) is 0 Å². The van der Waals surface area contributed by atoms with Crippen molar-refractivity contribution in [3.05, 3.63) is 60.2 Å². The summed E-state index contributed by atoms with van der Waals surface area (Å²) in [6, 6.07) is 16.4. The number of rotatable bonds is 2. The number of hydrogen-bond donors (Lipinski definition) is 0. The maximum absolute atomic E-state index is 5.57. The molecule has 0 saturated carbocycles. The summed E-state index contributed by atoms with van der Waals surface area (Å²) in [5, 5.41) is 2.06. The fourth-order valence-corrected chi connectivity index (χ4v) is 2.48. The van der Waals surface area contributed by atoms with Gasteiger partial charge in [-0.2, -0.15) is 0 Å². The van der Waals surface area contributed by atoms with Gasteiger partial charge >= 0.3 is 0 Å². The Hall–Kier alpha value is -1.80. The van der Waals surface area contributed by atoms with Gasteiger partial charge < -0.3 is 4.42 Å². The molecule has 78 valence electrons.